The zero-order valence-electron chi connectivity index (χ0n) is 11.8. The van der Waals surface area contributed by atoms with Gasteiger partial charge in [-0.2, -0.15) is 0 Å². The molecule has 1 rings (SSSR count). The van der Waals surface area contributed by atoms with Crippen molar-refractivity contribution in [3.05, 3.63) is 34.9 Å². The van der Waals surface area contributed by atoms with Crippen LogP contribution in [0, 0.1) is 0 Å². The summed E-state index contributed by atoms with van der Waals surface area (Å²) in [5.41, 5.74) is 4.48. The van der Waals surface area contributed by atoms with Crippen LogP contribution in [0.15, 0.2) is 18.2 Å². The Bertz CT molecular complexity index is 324. The number of hydrogen-bond acceptors (Lipinski definition) is 1. The molecule has 1 heteroatoms. The molecule has 0 fully saturated rings. The monoisotopic (exact) mass is 233 g/mol. The van der Waals surface area contributed by atoms with Crippen molar-refractivity contribution < 1.29 is 0 Å². The fraction of sp³-hybridized carbons (Fsp3) is 0.625. The predicted octanol–water partition coefficient (Wildman–Crippen LogP) is 4.26. The quantitative estimate of drug-likeness (QED) is 0.742. The van der Waals surface area contributed by atoms with Gasteiger partial charge < -0.3 is 5.32 Å². The van der Waals surface area contributed by atoms with E-state index in [1.807, 2.05) is 0 Å². The second-order valence-electron chi connectivity index (χ2n) is 4.63. The molecule has 17 heavy (non-hydrogen) atoms. The molecule has 0 aromatic heterocycles. The smallest absolute Gasteiger partial charge is 0.0320 e. The summed E-state index contributed by atoms with van der Waals surface area (Å²) in [6.45, 7) is 9.97. The number of nitrogens with one attached hydrogen (secondary N) is 1. The molecule has 0 heterocycles. The van der Waals surface area contributed by atoms with E-state index in [0.717, 1.165) is 19.4 Å². The van der Waals surface area contributed by atoms with Gasteiger partial charge in [-0.15, -0.1) is 0 Å². The van der Waals surface area contributed by atoms with Crippen LogP contribution < -0.4 is 5.32 Å². The average Bonchev–Trinajstić information content (AvgIpc) is 2.37. The van der Waals surface area contributed by atoms with Crippen molar-refractivity contribution in [2.24, 2.45) is 0 Å². The number of rotatable bonds is 7. The first kappa shape index (κ1) is 14.2. The first-order valence-corrected chi connectivity index (χ1v) is 7.11. The lowest BCUT2D eigenvalue weighted by Gasteiger charge is -2.19. The minimum absolute atomic E-state index is 0.529. The van der Waals surface area contributed by atoms with Gasteiger partial charge in [0.2, 0.25) is 0 Å². The summed E-state index contributed by atoms with van der Waals surface area (Å²) in [5.74, 6) is 0. The average molecular weight is 233 g/mol. The van der Waals surface area contributed by atoms with Crippen molar-refractivity contribution in [2.45, 2.75) is 59.4 Å². The Morgan fingerprint density at radius 2 is 1.71 bits per heavy atom. The van der Waals surface area contributed by atoms with Crippen LogP contribution >= 0.6 is 0 Å². The molecule has 0 aliphatic heterocycles. The second kappa shape index (κ2) is 7.50. The molecule has 0 aliphatic carbocycles. The van der Waals surface area contributed by atoms with Gasteiger partial charge in [0, 0.05) is 6.04 Å². The molecule has 1 aromatic carbocycles. The highest BCUT2D eigenvalue weighted by Gasteiger charge is 2.10. The Balaban J connectivity index is 2.94. The van der Waals surface area contributed by atoms with Crippen molar-refractivity contribution in [3.8, 4) is 0 Å². The van der Waals surface area contributed by atoms with E-state index in [4.69, 9.17) is 0 Å². The van der Waals surface area contributed by atoms with Gasteiger partial charge in [-0.05, 0) is 42.5 Å². The standard InChI is InChI=1S/C16H27N/c1-5-9-16(17-8-4)15-11-10-13(6-2)14(7-3)12-15/h10-12,16-17H,5-9H2,1-4H3. The number of hydrogen-bond donors (Lipinski definition) is 1. The molecule has 96 valence electrons. The molecule has 1 nitrogen and oxygen atoms in total. The molecule has 1 N–H and O–H groups in total. The van der Waals surface area contributed by atoms with Crippen LogP contribution in [0.2, 0.25) is 0 Å². The van der Waals surface area contributed by atoms with Crippen LogP contribution in [0.25, 0.3) is 0 Å². The Morgan fingerprint density at radius 1 is 1.00 bits per heavy atom. The molecule has 0 aliphatic rings. The normalized spacial score (nSPS) is 12.7. The van der Waals surface area contributed by atoms with Crippen LogP contribution in [-0.4, -0.2) is 6.54 Å². The molecular weight excluding hydrogens is 206 g/mol. The molecule has 1 atom stereocenters. The van der Waals surface area contributed by atoms with Crippen molar-refractivity contribution >= 4 is 0 Å². The highest BCUT2D eigenvalue weighted by atomic mass is 14.9. The van der Waals surface area contributed by atoms with Gasteiger partial charge in [0.1, 0.15) is 0 Å². The molecule has 0 spiro atoms. The van der Waals surface area contributed by atoms with Crippen LogP contribution in [-0.2, 0) is 12.8 Å². The lowest BCUT2D eigenvalue weighted by Crippen LogP contribution is -2.20. The van der Waals surface area contributed by atoms with Crippen LogP contribution in [0.3, 0.4) is 0 Å². The van der Waals surface area contributed by atoms with E-state index in [1.165, 1.54) is 29.5 Å². The van der Waals surface area contributed by atoms with E-state index in [0.29, 0.717) is 6.04 Å². The lowest BCUT2D eigenvalue weighted by atomic mass is 9.95. The third-order valence-electron chi connectivity index (χ3n) is 3.42. The van der Waals surface area contributed by atoms with E-state index >= 15 is 0 Å². The van der Waals surface area contributed by atoms with Gasteiger partial charge in [-0.25, -0.2) is 0 Å². The van der Waals surface area contributed by atoms with E-state index in [9.17, 15) is 0 Å². The molecule has 0 saturated heterocycles. The van der Waals surface area contributed by atoms with Gasteiger partial charge in [0.15, 0.2) is 0 Å². The first-order valence-electron chi connectivity index (χ1n) is 7.11. The van der Waals surface area contributed by atoms with Gasteiger partial charge in [-0.3, -0.25) is 0 Å². The minimum atomic E-state index is 0.529. The predicted molar refractivity (Wildman–Crippen MR) is 76.5 cm³/mol. The van der Waals surface area contributed by atoms with Crippen molar-refractivity contribution in [1.29, 1.82) is 0 Å². The zero-order valence-corrected chi connectivity index (χ0v) is 11.8. The van der Waals surface area contributed by atoms with Crippen molar-refractivity contribution in [1.82, 2.24) is 5.32 Å². The number of aryl methyl sites for hydroxylation is 2. The van der Waals surface area contributed by atoms with Gasteiger partial charge in [0.25, 0.3) is 0 Å². The second-order valence-corrected chi connectivity index (χ2v) is 4.63. The highest BCUT2D eigenvalue weighted by Crippen LogP contribution is 2.22. The van der Waals surface area contributed by atoms with Crippen molar-refractivity contribution in [3.63, 3.8) is 0 Å². The maximum absolute atomic E-state index is 3.59. The van der Waals surface area contributed by atoms with E-state index < -0.39 is 0 Å². The zero-order chi connectivity index (χ0) is 12.7. The third kappa shape index (κ3) is 3.85. The maximum atomic E-state index is 3.59. The fourth-order valence-electron chi connectivity index (χ4n) is 2.46. The minimum Gasteiger partial charge on any atom is -0.310 e. The Morgan fingerprint density at radius 3 is 2.24 bits per heavy atom. The molecule has 1 aromatic rings. The molecule has 0 radical (unpaired) electrons. The van der Waals surface area contributed by atoms with Crippen LogP contribution in [0.4, 0.5) is 0 Å². The molecule has 1 unspecified atom stereocenters. The fourth-order valence-corrected chi connectivity index (χ4v) is 2.46. The van der Waals surface area contributed by atoms with Crippen LogP contribution in [0.1, 0.15) is 63.3 Å². The Labute approximate surface area is 107 Å². The lowest BCUT2D eigenvalue weighted by molar-refractivity contribution is 0.509. The molecule has 0 bridgehead atoms. The Kier molecular flexibility index (Phi) is 6.28. The molecule has 0 amide bonds. The van der Waals surface area contributed by atoms with E-state index in [1.54, 1.807) is 0 Å². The Hall–Kier alpha value is -0.820. The summed E-state index contributed by atoms with van der Waals surface area (Å²) < 4.78 is 0. The summed E-state index contributed by atoms with van der Waals surface area (Å²) in [6, 6.07) is 7.55. The van der Waals surface area contributed by atoms with Gasteiger partial charge in [0.05, 0.1) is 0 Å². The van der Waals surface area contributed by atoms with Gasteiger partial charge in [-0.1, -0.05) is 52.3 Å². The summed E-state index contributed by atoms with van der Waals surface area (Å²) in [7, 11) is 0. The van der Waals surface area contributed by atoms with Crippen LogP contribution in [0.5, 0.6) is 0 Å². The SMILES string of the molecule is CCCC(NCC)c1ccc(CC)c(CC)c1. The first-order chi connectivity index (χ1) is 8.26. The maximum Gasteiger partial charge on any atom is 0.0320 e. The van der Waals surface area contributed by atoms with E-state index in [2.05, 4.69) is 51.2 Å². The molecule has 0 saturated carbocycles. The summed E-state index contributed by atoms with van der Waals surface area (Å²) in [6.07, 6.45) is 4.74. The summed E-state index contributed by atoms with van der Waals surface area (Å²) in [4.78, 5) is 0. The summed E-state index contributed by atoms with van der Waals surface area (Å²) >= 11 is 0. The van der Waals surface area contributed by atoms with Gasteiger partial charge >= 0.3 is 0 Å². The summed E-state index contributed by atoms with van der Waals surface area (Å²) in [5, 5.41) is 3.59. The third-order valence-corrected chi connectivity index (χ3v) is 3.42. The molecular formula is C16H27N. The van der Waals surface area contributed by atoms with E-state index in [-0.39, 0.29) is 0 Å². The topological polar surface area (TPSA) is 12.0 Å². The largest absolute Gasteiger partial charge is 0.310 e. The van der Waals surface area contributed by atoms with Crippen molar-refractivity contribution in [2.75, 3.05) is 6.54 Å². The highest BCUT2D eigenvalue weighted by molar-refractivity contribution is 5.33. The number of benzene rings is 1.